The van der Waals surface area contributed by atoms with Gasteiger partial charge in [-0.25, -0.2) is 4.79 Å². The third kappa shape index (κ3) is 4.55. The van der Waals surface area contributed by atoms with E-state index >= 15 is 0 Å². The molecule has 7 heteroatoms. The molecule has 1 aliphatic heterocycles. The van der Waals surface area contributed by atoms with Crippen molar-refractivity contribution < 1.29 is 19.5 Å². The highest BCUT2D eigenvalue weighted by Crippen LogP contribution is 2.09. The van der Waals surface area contributed by atoms with Gasteiger partial charge in [0, 0.05) is 16.7 Å². The Hall–Kier alpha value is -3.63. The fourth-order valence-electron chi connectivity index (χ4n) is 2.77. The molecule has 3 rings (SSSR count). The van der Waals surface area contributed by atoms with Crippen molar-refractivity contribution in [2.24, 2.45) is 0 Å². The summed E-state index contributed by atoms with van der Waals surface area (Å²) in [7, 11) is 0. The zero-order chi connectivity index (χ0) is 20.1. The van der Waals surface area contributed by atoms with E-state index in [-0.39, 0.29) is 0 Å². The third-order valence-electron chi connectivity index (χ3n) is 4.25. The summed E-state index contributed by atoms with van der Waals surface area (Å²) < 4.78 is 0. The minimum absolute atomic E-state index is 0.348. The molecule has 7 nitrogen and oxygen atoms in total. The molecule has 0 aromatic heterocycles. The van der Waals surface area contributed by atoms with Crippen LogP contribution in [0.5, 0.6) is 0 Å². The molecule has 2 aromatic rings. The van der Waals surface area contributed by atoms with Gasteiger partial charge in [-0.05, 0) is 43.3 Å². The fraction of sp³-hybridized carbons (Fsp3) is 0.190. The molecule has 0 saturated carbocycles. The molecule has 3 atom stereocenters. The van der Waals surface area contributed by atoms with Crippen LogP contribution in [0.2, 0.25) is 0 Å². The number of hydrogen-bond acceptors (Lipinski definition) is 4. The topological polar surface area (TPSA) is 108 Å². The maximum atomic E-state index is 12.5. The molecule has 1 aliphatic rings. The monoisotopic (exact) mass is 377 g/mol. The summed E-state index contributed by atoms with van der Waals surface area (Å²) >= 11 is 0. The minimum atomic E-state index is -1.05. The van der Waals surface area contributed by atoms with Crippen molar-refractivity contribution in [3.63, 3.8) is 0 Å². The predicted molar refractivity (Wildman–Crippen MR) is 102 cm³/mol. The zero-order valence-electron chi connectivity index (χ0n) is 15.1. The van der Waals surface area contributed by atoms with E-state index in [1.54, 1.807) is 24.3 Å². The molecular formula is C21H19N3O4. The zero-order valence-corrected chi connectivity index (χ0v) is 15.1. The summed E-state index contributed by atoms with van der Waals surface area (Å²) in [6, 6.07) is 13.5. The Balaban J connectivity index is 1.69. The lowest BCUT2D eigenvalue weighted by Crippen LogP contribution is -2.56. The van der Waals surface area contributed by atoms with Crippen molar-refractivity contribution in [2.75, 3.05) is 0 Å². The summed E-state index contributed by atoms with van der Waals surface area (Å²) in [4.78, 5) is 35.6. The molecule has 1 fully saturated rings. The lowest BCUT2D eigenvalue weighted by atomic mass is 10.0. The van der Waals surface area contributed by atoms with Crippen LogP contribution >= 0.6 is 0 Å². The predicted octanol–water partition coefficient (Wildman–Crippen LogP) is 0.774. The highest BCUT2D eigenvalue weighted by Gasteiger charge is 2.39. The third-order valence-corrected chi connectivity index (χ3v) is 4.25. The second kappa shape index (κ2) is 8.37. The number of aliphatic hydroxyl groups excluding tert-OH is 1. The van der Waals surface area contributed by atoms with Crippen LogP contribution < -0.4 is 16.0 Å². The van der Waals surface area contributed by atoms with Gasteiger partial charge in [0.1, 0.15) is 6.04 Å². The first kappa shape index (κ1) is 19.1. The number of nitrogens with one attached hydrogen (secondary N) is 3. The number of imide groups is 1. The van der Waals surface area contributed by atoms with Gasteiger partial charge in [-0.3, -0.25) is 14.9 Å². The SMILES string of the molecule is C[C@@H](O)[C@H](NC(=O)c1ccc(C#Cc2ccccc2)cc1)C1NC(=O)NC1=O. The number of amides is 4. The van der Waals surface area contributed by atoms with Gasteiger partial charge in [0.2, 0.25) is 0 Å². The van der Waals surface area contributed by atoms with Crippen molar-refractivity contribution >= 4 is 17.8 Å². The molecule has 142 valence electrons. The Morgan fingerprint density at radius 3 is 2.18 bits per heavy atom. The van der Waals surface area contributed by atoms with E-state index in [0.717, 1.165) is 11.1 Å². The van der Waals surface area contributed by atoms with Crippen LogP contribution in [0, 0.1) is 11.8 Å². The van der Waals surface area contributed by atoms with Gasteiger partial charge in [-0.2, -0.15) is 0 Å². The van der Waals surface area contributed by atoms with Crippen LogP contribution in [0.15, 0.2) is 54.6 Å². The van der Waals surface area contributed by atoms with Crippen molar-refractivity contribution in [3.8, 4) is 11.8 Å². The van der Waals surface area contributed by atoms with Gasteiger partial charge in [0.05, 0.1) is 12.1 Å². The first-order valence-electron chi connectivity index (χ1n) is 8.71. The Kier molecular flexibility index (Phi) is 5.72. The standard InChI is InChI=1S/C21H19N3O4/c1-13(25)17(18-20(27)24-21(28)23-18)22-19(26)16-11-9-15(10-12-16)8-7-14-5-3-2-4-6-14/h2-6,9-13,17-18,25H,1H3,(H,22,26)(H2,23,24,27,28)/t13-,17+,18?/m1/s1. The number of carbonyl (C=O) groups is 3. The first-order chi connectivity index (χ1) is 13.4. The second-order valence-corrected chi connectivity index (χ2v) is 6.37. The van der Waals surface area contributed by atoms with Crippen LogP contribution in [-0.4, -0.2) is 41.1 Å². The van der Waals surface area contributed by atoms with E-state index in [9.17, 15) is 19.5 Å². The van der Waals surface area contributed by atoms with E-state index in [1.807, 2.05) is 30.3 Å². The van der Waals surface area contributed by atoms with Gasteiger partial charge in [-0.1, -0.05) is 30.0 Å². The molecular weight excluding hydrogens is 358 g/mol. The summed E-state index contributed by atoms with van der Waals surface area (Å²) in [6.45, 7) is 1.44. The lowest BCUT2D eigenvalue weighted by molar-refractivity contribution is -0.121. The number of benzene rings is 2. The van der Waals surface area contributed by atoms with Crippen molar-refractivity contribution in [1.29, 1.82) is 0 Å². The summed E-state index contributed by atoms with van der Waals surface area (Å²) in [5.74, 6) is 4.99. The van der Waals surface area contributed by atoms with Gasteiger partial charge in [0.25, 0.3) is 11.8 Å². The lowest BCUT2D eigenvalue weighted by Gasteiger charge is -2.25. The number of carbonyl (C=O) groups excluding carboxylic acids is 3. The highest BCUT2D eigenvalue weighted by molar-refractivity contribution is 6.05. The van der Waals surface area contributed by atoms with Gasteiger partial charge in [0.15, 0.2) is 0 Å². The first-order valence-corrected chi connectivity index (χ1v) is 8.71. The summed E-state index contributed by atoms with van der Waals surface area (Å²) in [5, 5.41) is 17.0. The number of rotatable bonds is 4. The molecule has 0 spiro atoms. The average Bonchev–Trinajstić information content (AvgIpc) is 3.03. The quantitative estimate of drug-likeness (QED) is 0.466. The molecule has 1 unspecified atom stereocenters. The number of hydrogen-bond donors (Lipinski definition) is 4. The molecule has 2 aromatic carbocycles. The van der Waals surface area contributed by atoms with Gasteiger partial charge in [-0.15, -0.1) is 0 Å². The second-order valence-electron chi connectivity index (χ2n) is 6.37. The molecule has 1 heterocycles. The Bertz CT molecular complexity index is 943. The van der Waals surface area contributed by atoms with E-state index in [0.29, 0.717) is 5.56 Å². The molecule has 4 amide bonds. The Morgan fingerprint density at radius 1 is 1.04 bits per heavy atom. The van der Waals surface area contributed by atoms with Crippen LogP contribution in [0.3, 0.4) is 0 Å². The van der Waals surface area contributed by atoms with Crippen molar-refractivity contribution in [1.82, 2.24) is 16.0 Å². The molecule has 28 heavy (non-hydrogen) atoms. The average molecular weight is 377 g/mol. The van der Waals surface area contributed by atoms with Crippen LogP contribution in [-0.2, 0) is 4.79 Å². The summed E-state index contributed by atoms with van der Waals surface area (Å²) in [6.07, 6.45) is -1.05. The highest BCUT2D eigenvalue weighted by atomic mass is 16.3. The van der Waals surface area contributed by atoms with Crippen LogP contribution in [0.25, 0.3) is 0 Å². The number of urea groups is 1. The molecule has 4 N–H and O–H groups in total. The van der Waals surface area contributed by atoms with E-state index in [1.165, 1.54) is 6.92 Å². The normalized spacial score (nSPS) is 17.6. The Labute approximate surface area is 162 Å². The van der Waals surface area contributed by atoms with Crippen LogP contribution in [0.4, 0.5) is 4.79 Å². The van der Waals surface area contributed by atoms with E-state index in [2.05, 4.69) is 27.8 Å². The molecule has 0 aliphatic carbocycles. The molecule has 0 bridgehead atoms. The fourth-order valence-corrected chi connectivity index (χ4v) is 2.77. The number of aliphatic hydroxyl groups is 1. The maximum absolute atomic E-state index is 12.5. The van der Waals surface area contributed by atoms with Crippen molar-refractivity contribution in [2.45, 2.75) is 25.1 Å². The minimum Gasteiger partial charge on any atom is -0.391 e. The van der Waals surface area contributed by atoms with Gasteiger partial charge >= 0.3 is 6.03 Å². The van der Waals surface area contributed by atoms with Gasteiger partial charge < -0.3 is 15.7 Å². The molecule has 1 saturated heterocycles. The van der Waals surface area contributed by atoms with E-state index in [4.69, 9.17) is 0 Å². The summed E-state index contributed by atoms with van der Waals surface area (Å²) in [5.41, 5.74) is 1.98. The smallest absolute Gasteiger partial charge is 0.322 e. The van der Waals surface area contributed by atoms with E-state index < -0.39 is 36.0 Å². The molecule has 0 radical (unpaired) electrons. The maximum Gasteiger partial charge on any atom is 0.322 e. The largest absolute Gasteiger partial charge is 0.391 e. The van der Waals surface area contributed by atoms with Crippen molar-refractivity contribution in [3.05, 3.63) is 71.3 Å². The Morgan fingerprint density at radius 2 is 1.64 bits per heavy atom. The van der Waals surface area contributed by atoms with Crippen LogP contribution in [0.1, 0.15) is 28.4 Å².